The van der Waals surface area contributed by atoms with Crippen LogP contribution in [0.2, 0.25) is 0 Å². The van der Waals surface area contributed by atoms with E-state index in [2.05, 4.69) is 30.9 Å². The highest BCUT2D eigenvalue weighted by Gasteiger charge is 2.10. The second-order valence-electron chi connectivity index (χ2n) is 3.14. The first-order valence-electron chi connectivity index (χ1n) is 4.77. The van der Waals surface area contributed by atoms with Crippen LogP contribution in [0.5, 0.6) is 17.8 Å². The third-order valence-electron chi connectivity index (χ3n) is 1.89. The Kier molecular flexibility index (Phi) is 3.56. The van der Waals surface area contributed by atoms with Gasteiger partial charge in [-0.25, -0.2) is 4.39 Å². The summed E-state index contributed by atoms with van der Waals surface area (Å²) in [5.41, 5.74) is 5.43. The minimum atomic E-state index is -0.553. The Balaban J connectivity index is 2.30. The molecule has 8 heteroatoms. The number of ether oxygens (including phenoxy) is 2. The molecule has 0 radical (unpaired) electrons. The summed E-state index contributed by atoms with van der Waals surface area (Å²) in [5, 5.41) is 0. The quantitative estimate of drug-likeness (QED) is 0.934. The smallest absolute Gasteiger partial charge is 0.330 e. The van der Waals surface area contributed by atoms with Gasteiger partial charge < -0.3 is 15.2 Å². The van der Waals surface area contributed by atoms with Crippen molar-refractivity contribution < 1.29 is 13.9 Å². The summed E-state index contributed by atoms with van der Waals surface area (Å²) >= 11 is 3.14. The molecule has 0 fully saturated rings. The third-order valence-corrected chi connectivity index (χ3v) is 2.38. The number of hydrogen-bond acceptors (Lipinski definition) is 6. The first kappa shape index (κ1) is 12.5. The van der Waals surface area contributed by atoms with Crippen molar-refractivity contribution in [1.29, 1.82) is 0 Å². The largest absolute Gasteiger partial charge is 0.467 e. The van der Waals surface area contributed by atoms with Crippen LogP contribution in [0, 0.1) is 5.82 Å². The Hall–Kier alpha value is -1.96. The Labute approximate surface area is 110 Å². The summed E-state index contributed by atoms with van der Waals surface area (Å²) in [7, 11) is 1.37. The Morgan fingerprint density at radius 3 is 2.61 bits per heavy atom. The monoisotopic (exact) mass is 314 g/mol. The molecule has 1 heterocycles. The van der Waals surface area contributed by atoms with Gasteiger partial charge in [-0.2, -0.15) is 9.97 Å². The molecule has 2 aromatic rings. The predicted octanol–water partition coefficient (Wildman–Crippen LogP) is 2.16. The van der Waals surface area contributed by atoms with Crippen molar-refractivity contribution in [1.82, 2.24) is 15.0 Å². The van der Waals surface area contributed by atoms with E-state index in [0.29, 0.717) is 4.47 Å². The average Bonchev–Trinajstić information content (AvgIpc) is 2.32. The lowest BCUT2D eigenvalue weighted by atomic mass is 10.3. The molecule has 0 aliphatic rings. The molecular weight excluding hydrogens is 307 g/mol. The van der Waals surface area contributed by atoms with Gasteiger partial charge in [-0.15, -0.1) is 4.98 Å². The van der Waals surface area contributed by atoms with E-state index in [1.165, 1.54) is 19.2 Å². The van der Waals surface area contributed by atoms with Crippen LogP contribution in [0.3, 0.4) is 0 Å². The number of nitrogen functional groups attached to an aromatic ring is 1. The number of rotatable bonds is 3. The third kappa shape index (κ3) is 2.83. The topological polar surface area (TPSA) is 83.2 Å². The van der Waals surface area contributed by atoms with Gasteiger partial charge in [0.25, 0.3) is 0 Å². The van der Waals surface area contributed by atoms with Crippen molar-refractivity contribution in [3.8, 4) is 17.8 Å². The molecule has 1 aromatic carbocycles. The Morgan fingerprint density at radius 2 is 1.94 bits per heavy atom. The Morgan fingerprint density at radius 1 is 1.22 bits per heavy atom. The lowest BCUT2D eigenvalue weighted by molar-refractivity contribution is 0.355. The van der Waals surface area contributed by atoms with Gasteiger partial charge in [0.2, 0.25) is 5.95 Å². The summed E-state index contributed by atoms with van der Waals surface area (Å²) in [4.78, 5) is 11.2. The van der Waals surface area contributed by atoms with Crippen molar-refractivity contribution in [2.24, 2.45) is 0 Å². The number of halogens is 2. The lowest BCUT2D eigenvalue weighted by Gasteiger charge is -2.06. The number of aromatic nitrogens is 3. The van der Waals surface area contributed by atoms with E-state index in [-0.39, 0.29) is 23.7 Å². The van der Waals surface area contributed by atoms with Gasteiger partial charge in [0, 0.05) is 4.47 Å². The highest BCUT2D eigenvalue weighted by atomic mass is 79.9. The maximum absolute atomic E-state index is 13.5. The normalized spacial score (nSPS) is 10.2. The van der Waals surface area contributed by atoms with Crippen molar-refractivity contribution in [3.05, 3.63) is 28.5 Å². The molecule has 94 valence electrons. The average molecular weight is 315 g/mol. The minimum Gasteiger partial charge on any atom is -0.467 e. The van der Waals surface area contributed by atoms with E-state index in [4.69, 9.17) is 15.2 Å². The van der Waals surface area contributed by atoms with E-state index in [1.807, 2.05) is 0 Å². The van der Waals surface area contributed by atoms with Gasteiger partial charge in [-0.3, -0.25) is 0 Å². The molecule has 2 N–H and O–H groups in total. The van der Waals surface area contributed by atoms with Gasteiger partial charge >= 0.3 is 12.0 Å². The van der Waals surface area contributed by atoms with Crippen LogP contribution >= 0.6 is 15.9 Å². The van der Waals surface area contributed by atoms with E-state index in [9.17, 15) is 4.39 Å². The van der Waals surface area contributed by atoms with Gasteiger partial charge in [0.15, 0.2) is 11.6 Å². The van der Waals surface area contributed by atoms with Crippen LogP contribution in [-0.2, 0) is 0 Å². The second-order valence-corrected chi connectivity index (χ2v) is 4.06. The molecule has 18 heavy (non-hydrogen) atoms. The minimum absolute atomic E-state index is 0.00461. The number of nitrogens with two attached hydrogens (primary N) is 1. The number of hydrogen-bond donors (Lipinski definition) is 1. The summed E-state index contributed by atoms with van der Waals surface area (Å²) < 4.78 is 24.1. The summed E-state index contributed by atoms with van der Waals surface area (Å²) in [6.07, 6.45) is 0. The molecule has 0 saturated carbocycles. The molecule has 0 atom stereocenters. The van der Waals surface area contributed by atoms with Crippen LogP contribution < -0.4 is 15.2 Å². The molecule has 0 aliphatic carbocycles. The first-order chi connectivity index (χ1) is 8.58. The van der Waals surface area contributed by atoms with E-state index in [0.717, 1.165) is 0 Å². The molecule has 0 amide bonds. The molecular formula is C10H8BrFN4O2. The maximum Gasteiger partial charge on any atom is 0.330 e. The zero-order chi connectivity index (χ0) is 13.1. The van der Waals surface area contributed by atoms with Crippen molar-refractivity contribution >= 4 is 21.9 Å². The number of nitrogens with zero attached hydrogens (tertiary/aromatic N) is 3. The summed E-state index contributed by atoms with van der Waals surface area (Å²) in [5.74, 6) is -0.650. The van der Waals surface area contributed by atoms with E-state index < -0.39 is 5.82 Å². The molecule has 0 bridgehead atoms. The number of benzene rings is 1. The molecule has 2 rings (SSSR count). The fourth-order valence-electron chi connectivity index (χ4n) is 1.15. The predicted molar refractivity (Wildman–Crippen MR) is 65.0 cm³/mol. The van der Waals surface area contributed by atoms with Gasteiger partial charge in [0.05, 0.1) is 7.11 Å². The highest BCUT2D eigenvalue weighted by molar-refractivity contribution is 9.10. The molecule has 0 aliphatic heterocycles. The molecule has 0 saturated heterocycles. The van der Waals surface area contributed by atoms with Crippen LogP contribution in [-0.4, -0.2) is 22.1 Å². The van der Waals surface area contributed by atoms with Crippen molar-refractivity contribution in [3.63, 3.8) is 0 Å². The fourth-order valence-corrected chi connectivity index (χ4v) is 1.48. The second kappa shape index (κ2) is 5.13. The number of methoxy groups -OCH3 is 1. The lowest BCUT2D eigenvalue weighted by Crippen LogP contribution is -2.03. The van der Waals surface area contributed by atoms with E-state index >= 15 is 0 Å². The van der Waals surface area contributed by atoms with Crippen LogP contribution in [0.25, 0.3) is 0 Å². The van der Waals surface area contributed by atoms with Crippen LogP contribution in [0.15, 0.2) is 22.7 Å². The summed E-state index contributed by atoms with van der Waals surface area (Å²) in [6.45, 7) is 0. The fraction of sp³-hybridized carbons (Fsp3) is 0.100. The SMILES string of the molecule is COc1nc(N)nc(Oc2ccc(Br)cc2F)n1. The molecule has 6 nitrogen and oxygen atoms in total. The maximum atomic E-state index is 13.5. The Bertz CT molecular complexity index is 582. The zero-order valence-corrected chi connectivity index (χ0v) is 10.8. The van der Waals surface area contributed by atoms with E-state index in [1.54, 1.807) is 6.07 Å². The van der Waals surface area contributed by atoms with Gasteiger partial charge in [-0.05, 0) is 18.2 Å². The summed E-state index contributed by atoms with van der Waals surface area (Å²) in [6, 6.07) is 4.18. The molecule has 0 unspecified atom stereocenters. The van der Waals surface area contributed by atoms with Gasteiger partial charge in [0.1, 0.15) is 0 Å². The molecule has 1 aromatic heterocycles. The van der Waals surface area contributed by atoms with Crippen LogP contribution in [0.1, 0.15) is 0 Å². The van der Waals surface area contributed by atoms with Crippen molar-refractivity contribution in [2.75, 3.05) is 12.8 Å². The standard InChI is InChI=1S/C10H8BrFN4O2/c1-17-9-14-8(13)15-10(16-9)18-7-3-2-5(11)4-6(7)12/h2-4H,1H3,(H2,13,14,15,16). The zero-order valence-electron chi connectivity index (χ0n) is 9.22. The first-order valence-corrected chi connectivity index (χ1v) is 5.56. The van der Waals surface area contributed by atoms with Crippen LogP contribution in [0.4, 0.5) is 10.3 Å². The molecule has 0 spiro atoms. The van der Waals surface area contributed by atoms with Crippen molar-refractivity contribution in [2.45, 2.75) is 0 Å². The highest BCUT2D eigenvalue weighted by Crippen LogP contribution is 2.25. The van der Waals surface area contributed by atoms with Gasteiger partial charge in [-0.1, -0.05) is 15.9 Å². The number of anilines is 1.